The van der Waals surface area contributed by atoms with Crippen molar-refractivity contribution in [2.24, 2.45) is 0 Å². The Labute approximate surface area is 93.3 Å². The van der Waals surface area contributed by atoms with Gasteiger partial charge in [0.05, 0.1) is 0 Å². The van der Waals surface area contributed by atoms with Crippen LogP contribution in [0, 0.1) is 0 Å². The Bertz CT molecular complexity index is 540. The summed E-state index contributed by atoms with van der Waals surface area (Å²) >= 11 is 0. The molecule has 1 aromatic carbocycles. The van der Waals surface area contributed by atoms with Crippen LogP contribution in [0.25, 0.3) is 11.3 Å². The maximum Gasteiger partial charge on any atom is 0.148 e. The highest BCUT2D eigenvalue weighted by molar-refractivity contribution is 5.72. The molecule has 1 N–H and O–H groups in total. The summed E-state index contributed by atoms with van der Waals surface area (Å²) in [5.74, 6) is 1.64. The fraction of sp³-hybridized carbons (Fsp3) is 0.167. The average Bonchev–Trinajstić information content (AvgIpc) is 2.38. The lowest BCUT2D eigenvalue weighted by Crippen LogP contribution is -2.09. The summed E-state index contributed by atoms with van der Waals surface area (Å²) in [5, 5.41) is 11.3. The quantitative estimate of drug-likeness (QED) is 0.787. The molecule has 3 rings (SSSR count). The number of para-hydroxylation sites is 1. The molecule has 1 aliphatic rings. The molecule has 0 atom stereocenters. The van der Waals surface area contributed by atoms with Crippen molar-refractivity contribution in [3.63, 3.8) is 0 Å². The summed E-state index contributed by atoms with van der Waals surface area (Å²) in [6.45, 7) is 0.552. The van der Waals surface area contributed by atoms with Gasteiger partial charge in [0.25, 0.3) is 0 Å². The second kappa shape index (κ2) is 3.48. The second-order valence-corrected chi connectivity index (χ2v) is 3.64. The van der Waals surface area contributed by atoms with E-state index >= 15 is 0 Å². The monoisotopic (exact) mass is 213 g/mol. The molecule has 4 nitrogen and oxygen atoms in total. The zero-order valence-electron chi connectivity index (χ0n) is 8.90. The van der Waals surface area contributed by atoms with E-state index in [1.807, 2.05) is 37.4 Å². The van der Waals surface area contributed by atoms with Gasteiger partial charge in [-0.3, -0.25) is 0 Å². The van der Waals surface area contributed by atoms with Crippen LogP contribution in [0.15, 0.2) is 30.3 Å². The van der Waals surface area contributed by atoms with E-state index < -0.39 is 0 Å². The van der Waals surface area contributed by atoms with Crippen LogP contribution in [0.1, 0.15) is 5.56 Å². The first-order chi connectivity index (χ1) is 7.88. The van der Waals surface area contributed by atoms with Gasteiger partial charge in [-0.15, -0.1) is 10.2 Å². The Morgan fingerprint density at radius 1 is 1.25 bits per heavy atom. The molecular formula is C12H11N3O. The van der Waals surface area contributed by atoms with Crippen LogP contribution in [0.5, 0.6) is 5.75 Å². The van der Waals surface area contributed by atoms with E-state index in [9.17, 15) is 0 Å². The predicted molar refractivity (Wildman–Crippen MR) is 61.3 cm³/mol. The fourth-order valence-corrected chi connectivity index (χ4v) is 1.83. The molecule has 0 unspecified atom stereocenters. The first kappa shape index (κ1) is 9.15. The first-order valence-corrected chi connectivity index (χ1v) is 5.15. The number of benzene rings is 1. The van der Waals surface area contributed by atoms with Gasteiger partial charge in [0.15, 0.2) is 0 Å². The van der Waals surface area contributed by atoms with Crippen LogP contribution in [0.3, 0.4) is 0 Å². The SMILES string of the molecule is CNc1cc2c(nn1)-c1ccccc1OC2. The Morgan fingerprint density at radius 3 is 3.00 bits per heavy atom. The van der Waals surface area contributed by atoms with E-state index in [1.54, 1.807) is 0 Å². The lowest BCUT2D eigenvalue weighted by Gasteiger charge is -2.19. The Kier molecular flexibility index (Phi) is 1.99. The number of hydrogen-bond donors (Lipinski definition) is 1. The molecule has 0 fully saturated rings. The zero-order valence-corrected chi connectivity index (χ0v) is 8.90. The van der Waals surface area contributed by atoms with E-state index in [0.717, 1.165) is 28.4 Å². The van der Waals surface area contributed by atoms with Gasteiger partial charge < -0.3 is 10.1 Å². The molecule has 0 radical (unpaired) electrons. The molecular weight excluding hydrogens is 202 g/mol. The zero-order chi connectivity index (χ0) is 11.0. The number of nitrogens with one attached hydrogen (secondary N) is 1. The third-order valence-corrected chi connectivity index (χ3v) is 2.65. The van der Waals surface area contributed by atoms with Crippen molar-refractivity contribution >= 4 is 5.82 Å². The van der Waals surface area contributed by atoms with E-state index in [-0.39, 0.29) is 0 Å². The molecule has 16 heavy (non-hydrogen) atoms. The van der Waals surface area contributed by atoms with Gasteiger partial charge in [-0.25, -0.2) is 0 Å². The van der Waals surface area contributed by atoms with Crippen molar-refractivity contribution in [2.75, 3.05) is 12.4 Å². The van der Waals surface area contributed by atoms with Crippen LogP contribution in [0.2, 0.25) is 0 Å². The van der Waals surface area contributed by atoms with Crippen molar-refractivity contribution in [3.8, 4) is 17.0 Å². The van der Waals surface area contributed by atoms with Gasteiger partial charge in [0.1, 0.15) is 23.9 Å². The van der Waals surface area contributed by atoms with Crippen LogP contribution in [-0.2, 0) is 6.61 Å². The highest BCUT2D eigenvalue weighted by atomic mass is 16.5. The molecule has 0 bridgehead atoms. The Hall–Kier alpha value is -2.10. The van der Waals surface area contributed by atoms with Crippen LogP contribution in [0.4, 0.5) is 5.82 Å². The standard InChI is InChI=1S/C12H11N3O/c1-13-11-6-8-7-16-10-5-3-2-4-9(10)12(8)15-14-11/h2-6H,7H2,1H3,(H,13,14). The minimum Gasteiger partial charge on any atom is -0.488 e. The molecule has 4 heteroatoms. The predicted octanol–water partition coefficient (Wildman–Crippen LogP) is 2.08. The molecule has 2 aromatic rings. The van der Waals surface area contributed by atoms with Crippen molar-refractivity contribution in [3.05, 3.63) is 35.9 Å². The summed E-state index contributed by atoms with van der Waals surface area (Å²) in [6.07, 6.45) is 0. The molecule has 0 saturated carbocycles. The number of hydrogen-bond acceptors (Lipinski definition) is 4. The van der Waals surface area contributed by atoms with E-state index in [0.29, 0.717) is 6.61 Å². The highest BCUT2D eigenvalue weighted by Gasteiger charge is 2.18. The van der Waals surface area contributed by atoms with Gasteiger partial charge in [0, 0.05) is 18.2 Å². The average molecular weight is 213 g/mol. The Morgan fingerprint density at radius 2 is 2.12 bits per heavy atom. The summed E-state index contributed by atoms with van der Waals surface area (Å²) < 4.78 is 5.65. The summed E-state index contributed by atoms with van der Waals surface area (Å²) in [6, 6.07) is 9.86. The first-order valence-electron chi connectivity index (χ1n) is 5.15. The molecule has 0 amide bonds. The summed E-state index contributed by atoms with van der Waals surface area (Å²) in [7, 11) is 1.83. The van der Waals surface area contributed by atoms with Crippen LogP contribution < -0.4 is 10.1 Å². The Balaban J connectivity index is 2.18. The summed E-state index contributed by atoms with van der Waals surface area (Å²) in [4.78, 5) is 0. The number of fused-ring (bicyclic) bond motifs is 3. The van der Waals surface area contributed by atoms with Crippen molar-refractivity contribution < 1.29 is 4.74 Å². The molecule has 0 spiro atoms. The minimum absolute atomic E-state index is 0.552. The maximum atomic E-state index is 5.65. The van der Waals surface area contributed by atoms with E-state index in [1.165, 1.54) is 0 Å². The van der Waals surface area contributed by atoms with Crippen LogP contribution >= 0.6 is 0 Å². The smallest absolute Gasteiger partial charge is 0.148 e. The van der Waals surface area contributed by atoms with Gasteiger partial charge in [-0.05, 0) is 18.2 Å². The molecule has 80 valence electrons. The minimum atomic E-state index is 0.552. The second-order valence-electron chi connectivity index (χ2n) is 3.64. The highest BCUT2D eigenvalue weighted by Crippen LogP contribution is 2.35. The number of anilines is 1. The largest absolute Gasteiger partial charge is 0.488 e. The topological polar surface area (TPSA) is 47.0 Å². The lowest BCUT2D eigenvalue weighted by molar-refractivity contribution is 0.301. The number of ether oxygens (including phenoxy) is 1. The molecule has 1 aromatic heterocycles. The number of aromatic nitrogens is 2. The summed E-state index contributed by atoms with van der Waals surface area (Å²) in [5.41, 5.74) is 3.00. The lowest BCUT2D eigenvalue weighted by atomic mass is 10.0. The van der Waals surface area contributed by atoms with E-state index in [2.05, 4.69) is 15.5 Å². The fourth-order valence-electron chi connectivity index (χ4n) is 1.83. The molecule has 0 aliphatic carbocycles. The number of rotatable bonds is 1. The van der Waals surface area contributed by atoms with Gasteiger partial charge >= 0.3 is 0 Å². The van der Waals surface area contributed by atoms with Crippen LogP contribution in [-0.4, -0.2) is 17.2 Å². The van der Waals surface area contributed by atoms with E-state index in [4.69, 9.17) is 4.74 Å². The van der Waals surface area contributed by atoms with Gasteiger partial charge in [-0.2, -0.15) is 0 Å². The van der Waals surface area contributed by atoms with Gasteiger partial charge in [-0.1, -0.05) is 12.1 Å². The van der Waals surface area contributed by atoms with Crippen molar-refractivity contribution in [2.45, 2.75) is 6.61 Å². The number of nitrogens with zero attached hydrogens (tertiary/aromatic N) is 2. The van der Waals surface area contributed by atoms with Crippen molar-refractivity contribution in [1.82, 2.24) is 10.2 Å². The van der Waals surface area contributed by atoms with Crippen molar-refractivity contribution in [1.29, 1.82) is 0 Å². The molecule has 1 aliphatic heterocycles. The third kappa shape index (κ3) is 1.31. The molecule has 0 saturated heterocycles. The van der Waals surface area contributed by atoms with Gasteiger partial charge in [0.2, 0.25) is 0 Å². The normalized spacial score (nSPS) is 12.3. The third-order valence-electron chi connectivity index (χ3n) is 2.65. The maximum absolute atomic E-state index is 5.65. The molecule has 2 heterocycles.